The van der Waals surface area contributed by atoms with Crippen molar-refractivity contribution in [2.45, 2.75) is 23.9 Å². The average Bonchev–Trinajstić information content (AvgIpc) is 3.42. The van der Waals surface area contributed by atoms with Gasteiger partial charge < -0.3 is 4.90 Å². The Bertz CT molecular complexity index is 1130. The second-order valence-corrected chi connectivity index (χ2v) is 13.4. The SMILES string of the molecule is O=C(CN1CCN(S(=O)(=O)c2ccccc2)CC1)N(Cc1cccs1)[C@H]1CCS(=O)(=O)C1. The lowest BCUT2D eigenvalue weighted by Crippen LogP contribution is -2.52. The van der Waals surface area contributed by atoms with Gasteiger partial charge in [0.15, 0.2) is 9.84 Å². The molecular weight excluding hydrogens is 470 g/mol. The number of sulfonamides is 1. The number of hydrogen-bond acceptors (Lipinski definition) is 7. The largest absolute Gasteiger partial charge is 0.332 e. The molecule has 8 nitrogen and oxygen atoms in total. The molecule has 2 aliphatic heterocycles. The third-order valence-electron chi connectivity index (χ3n) is 5.95. The van der Waals surface area contributed by atoms with E-state index in [1.54, 1.807) is 46.6 Å². The van der Waals surface area contributed by atoms with Gasteiger partial charge in [-0.2, -0.15) is 4.31 Å². The molecule has 0 spiro atoms. The molecule has 11 heteroatoms. The van der Waals surface area contributed by atoms with Crippen molar-refractivity contribution in [1.82, 2.24) is 14.1 Å². The molecule has 0 unspecified atom stereocenters. The topological polar surface area (TPSA) is 95.1 Å². The lowest BCUT2D eigenvalue weighted by molar-refractivity contribution is -0.135. The maximum atomic E-state index is 13.2. The van der Waals surface area contributed by atoms with Gasteiger partial charge in [0.05, 0.1) is 29.5 Å². The Morgan fingerprint density at radius 2 is 1.78 bits per heavy atom. The Balaban J connectivity index is 1.39. The molecule has 4 rings (SSSR count). The molecule has 3 heterocycles. The predicted octanol–water partition coefficient (Wildman–Crippen LogP) is 1.27. The summed E-state index contributed by atoms with van der Waals surface area (Å²) in [7, 11) is -6.66. The van der Waals surface area contributed by atoms with Crippen LogP contribution in [0.5, 0.6) is 0 Å². The van der Waals surface area contributed by atoms with Crippen LogP contribution in [-0.4, -0.2) is 87.1 Å². The number of carbonyl (C=O) groups excluding carboxylic acids is 1. The summed E-state index contributed by atoms with van der Waals surface area (Å²) >= 11 is 1.54. The molecule has 1 amide bonds. The molecule has 32 heavy (non-hydrogen) atoms. The van der Waals surface area contributed by atoms with Crippen molar-refractivity contribution in [2.75, 3.05) is 44.2 Å². The summed E-state index contributed by atoms with van der Waals surface area (Å²) in [4.78, 5) is 18.1. The second-order valence-electron chi connectivity index (χ2n) is 8.15. The van der Waals surface area contributed by atoms with Gasteiger partial charge in [-0.05, 0) is 30.0 Å². The Kier molecular flexibility index (Phi) is 7.01. The highest BCUT2D eigenvalue weighted by molar-refractivity contribution is 7.91. The van der Waals surface area contributed by atoms with E-state index in [0.717, 1.165) is 4.88 Å². The van der Waals surface area contributed by atoms with Gasteiger partial charge in [0.25, 0.3) is 0 Å². The van der Waals surface area contributed by atoms with E-state index in [4.69, 9.17) is 0 Å². The normalized spacial score (nSPS) is 22.1. The van der Waals surface area contributed by atoms with E-state index in [2.05, 4.69) is 0 Å². The van der Waals surface area contributed by atoms with Gasteiger partial charge in [-0.15, -0.1) is 11.3 Å². The number of amides is 1. The zero-order valence-corrected chi connectivity index (χ0v) is 20.1. The molecule has 0 bridgehead atoms. The number of sulfone groups is 1. The Hall–Kier alpha value is -1.79. The van der Waals surface area contributed by atoms with Crippen LogP contribution < -0.4 is 0 Å². The molecule has 2 saturated heterocycles. The Morgan fingerprint density at radius 3 is 2.38 bits per heavy atom. The first-order valence-corrected chi connectivity index (χ1v) is 14.7. The second kappa shape index (κ2) is 9.60. The van der Waals surface area contributed by atoms with Gasteiger partial charge in [-0.3, -0.25) is 9.69 Å². The van der Waals surface area contributed by atoms with E-state index >= 15 is 0 Å². The van der Waals surface area contributed by atoms with Gasteiger partial charge in [-0.25, -0.2) is 16.8 Å². The zero-order chi connectivity index (χ0) is 22.8. The molecule has 2 aliphatic rings. The molecule has 1 aromatic carbocycles. The van der Waals surface area contributed by atoms with Crippen LogP contribution in [0.15, 0.2) is 52.7 Å². The van der Waals surface area contributed by atoms with Crippen molar-refractivity contribution in [1.29, 1.82) is 0 Å². The van der Waals surface area contributed by atoms with E-state index in [1.165, 1.54) is 4.31 Å². The number of rotatable bonds is 7. The molecule has 2 fully saturated rings. The standard InChI is InChI=1S/C21H27N3O5S3/c25-21(24(15-19-5-4-13-30-19)18-8-14-31(26,27)17-18)16-22-9-11-23(12-10-22)32(28,29)20-6-2-1-3-7-20/h1-7,13,18H,8-12,14-17H2/t18-/m0/s1. The van der Waals surface area contributed by atoms with Crippen molar-refractivity contribution in [3.8, 4) is 0 Å². The highest BCUT2D eigenvalue weighted by Gasteiger charge is 2.36. The highest BCUT2D eigenvalue weighted by atomic mass is 32.2. The maximum absolute atomic E-state index is 13.2. The average molecular weight is 498 g/mol. The lowest BCUT2D eigenvalue weighted by Gasteiger charge is -2.35. The maximum Gasteiger partial charge on any atom is 0.243 e. The van der Waals surface area contributed by atoms with Crippen LogP contribution in [-0.2, 0) is 31.2 Å². The van der Waals surface area contributed by atoms with Gasteiger partial charge in [0.2, 0.25) is 15.9 Å². The Morgan fingerprint density at radius 1 is 1.06 bits per heavy atom. The van der Waals surface area contributed by atoms with Crippen LogP contribution >= 0.6 is 11.3 Å². The van der Waals surface area contributed by atoms with Crippen molar-refractivity contribution in [3.63, 3.8) is 0 Å². The van der Waals surface area contributed by atoms with Crippen LogP contribution in [0.1, 0.15) is 11.3 Å². The van der Waals surface area contributed by atoms with Crippen LogP contribution in [0.2, 0.25) is 0 Å². The molecule has 174 valence electrons. The molecule has 0 aliphatic carbocycles. The fourth-order valence-corrected chi connectivity index (χ4v) is 8.04. The van der Waals surface area contributed by atoms with Crippen molar-refractivity contribution >= 4 is 37.1 Å². The monoisotopic (exact) mass is 497 g/mol. The summed E-state index contributed by atoms with van der Waals surface area (Å²) in [6.07, 6.45) is 0.461. The van der Waals surface area contributed by atoms with E-state index in [0.29, 0.717) is 39.1 Å². The van der Waals surface area contributed by atoms with Crippen LogP contribution in [0.3, 0.4) is 0 Å². The van der Waals surface area contributed by atoms with E-state index < -0.39 is 19.9 Å². The molecule has 0 radical (unpaired) electrons. The van der Waals surface area contributed by atoms with Crippen LogP contribution in [0, 0.1) is 0 Å². The molecule has 0 saturated carbocycles. The third-order valence-corrected chi connectivity index (χ3v) is 10.5. The summed E-state index contributed by atoms with van der Waals surface area (Å²) < 4.78 is 51.1. The summed E-state index contributed by atoms with van der Waals surface area (Å²) in [5.41, 5.74) is 0. The number of thiophene rings is 1. The van der Waals surface area contributed by atoms with Crippen LogP contribution in [0.25, 0.3) is 0 Å². The summed E-state index contributed by atoms with van der Waals surface area (Å²) in [6.45, 7) is 2.09. The number of benzene rings is 1. The van der Waals surface area contributed by atoms with Gasteiger partial charge in [-0.1, -0.05) is 24.3 Å². The van der Waals surface area contributed by atoms with Gasteiger partial charge in [0, 0.05) is 37.1 Å². The Labute approximate surface area is 193 Å². The summed E-state index contributed by atoms with van der Waals surface area (Å²) in [5, 5.41) is 1.94. The quantitative estimate of drug-likeness (QED) is 0.572. The van der Waals surface area contributed by atoms with Gasteiger partial charge in [0.1, 0.15) is 0 Å². The first-order chi connectivity index (χ1) is 15.2. The minimum absolute atomic E-state index is 0.00716. The van der Waals surface area contributed by atoms with Crippen molar-refractivity contribution < 1.29 is 21.6 Å². The highest BCUT2D eigenvalue weighted by Crippen LogP contribution is 2.23. The molecule has 0 N–H and O–H groups in total. The summed E-state index contributed by atoms with van der Waals surface area (Å²) in [6, 6.07) is 11.9. The van der Waals surface area contributed by atoms with Crippen molar-refractivity contribution in [3.05, 3.63) is 52.7 Å². The fourth-order valence-electron chi connectivity index (χ4n) is 4.16. The number of nitrogens with zero attached hydrogens (tertiary/aromatic N) is 3. The molecule has 2 aromatic rings. The van der Waals surface area contributed by atoms with Crippen LogP contribution in [0.4, 0.5) is 0 Å². The predicted molar refractivity (Wildman–Crippen MR) is 124 cm³/mol. The van der Waals surface area contributed by atoms with E-state index in [9.17, 15) is 21.6 Å². The van der Waals surface area contributed by atoms with Gasteiger partial charge >= 0.3 is 0 Å². The molecule has 1 aromatic heterocycles. The fraction of sp³-hybridized carbons (Fsp3) is 0.476. The number of piperazine rings is 1. The van der Waals surface area contributed by atoms with E-state index in [1.807, 2.05) is 22.4 Å². The minimum Gasteiger partial charge on any atom is -0.332 e. The number of hydrogen-bond donors (Lipinski definition) is 0. The number of carbonyl (C=O) groups is 1. The van der Waals surface area contributed by atoms with E-state index in [-0.39, 0.29) is 34.9 Å². The summed E-state index contributed by atoms with van der Waals surface area (Å²) in [5.74, 6) is 0.00892. The smallest absolute Gasteiger partial charge is 0.243 e. The lowest BCUT2D eigenvalue weighted by atomic mass is 10.2. The first kappa shape index (κ1) is 23.4. The zero-order valence-electron chi connectivity index (χ0n) is 17.7. The first-order valence-electron chi connectivity index (χ1n) is 10.5. The molecular formula is C21H27N3O5S3. The molecule has 1 atom stereocenters. The third kappa shape index (κ3) is 5.40. The van der Waals surface area contributed by atoms with Crippen molar-refractivity contribution in [2.24, 2.45) is 0 Å². The minimum atomic E-state index is -3.54.